The van der Waals surface area contributed by atoms with E-state index in [0.29, 0.717) is 17.9 Å². The Bertz CT molecular complexity index is 526. The average Bonchev–Trinajstić information content (AvgIpc) is 2.79. The van der Waals surface area contributed by atoms with Gasteiger partial charge in [-0.1, -0.05) is 0 Å². The van der Waals surface area contributed by atoms with Crippen molar-refractivity contribution in [3.05, 3.63) is 24.0 Å². The van der Waals surface area contributed by atoms with E-state index in [9.17, 15) is 4.79 Å². The Morgan fingerprint density at radius 2 is 2.53 bits per heavy atom. The Hall–Kier alpha value is -2.29. The topological polar surface area (TPSA) is 86.5 Å². The van der Waals surface area contributed by atoms with Gasteiger partial charge in [0.1, 0.15) is 12.7 Å². The number of nitriles is 1. The molecule has 1 N–H and O–H groups in total. The second kappa shape index (κ2) is 5.14. The van der Waals surface area contributed by atoms with Crippen molar-refractivity contribution in [3.8, 4) is 11.8 Å². The monoisotopic (exact) mass is 261 g/mol. The van der Waals surface area contributed by atoms with Crippen molar-refractivity contribution in [2.75, 3.05) is 13.2 Å². The summed E-state index contributed by atoms with van der Waals surface area (Å²) in [5.74, 6) is 0.392. The Morgan fingerprint density at radius 3 is 3.21 bits per heavy atom. The highest BCUT2D eigenvalue weighted by Gasteiger charge is 2.40. The standard InChI is InChI=1S/C13H15N3O3/c1-13(4-2-6-16(13)12(17)18)9-19-11-8-15-5-3-10(11)7-14/h3,5,8H,2,4,6,9H2,1H3,(H,17,18)/t13-/m0/s1. The molecule has 19 heavy (non-hydrogen) atoms. The Kier molecular flexibility index (Phi) is 3.56. The van der Waals surface area contributed by atoms with E-state index in [1.807, 2.05) is 13.0 Å². The third kappa shape index (κ3) is 2.60. The zero-order valence-electron chi connectivity index (χ0n) is 10.7. The minimum Gasteiger partial charge on any atom is -0.488 e. The first-order chi connectivity index (χ1) is 9.07. The lowest BCUT2D eigenvalue weighted by atomic mass is 10.0. The summed E-state index contributed by atoms with van der Waals surface area (Å²) in [6.07, 6.45) is 3.63. The van der Waals surface area contributed by atoms with Crippen molar-refractivity contribution in [1.82, 2.24) is 9.88 Å². The molecule has 2 rings (SSSR count). The first-order valence-electron chi connectivity index (χ1n) is 6.04. The van der Waals surface area contributed by atoms with Crippen molar-refractivity contribution in [3.63, 3.8) is 0 Å². The van der Waals surface area contributed by atoms with Crippen LogP contribution in [0.25, 0.3) is 0 Å². The highest BCUT2D eigenvalue weighted by molar-refractivity contribution is 5.66. The van der Waals surface area contributed by atoms with Crippen molar-refractivity contribution in [2.24, 2.45) is 0 Å². The number of carboxylic acid groups (broad SMARTS) is 1. The van der Waals surface area contributed by atoms with E-state index >= 15 is 0 Å². The summed E-state index contributed by atoms with van der Waals surface area (Å²) in [4.78, 5) is 16.5. The number of pyridine rings is 1. The van der Waals surface area contributed by atoms with Gasteiger partial charge in [0.2, 0.25) is 0 Å². The molecule has 0 radical (unpaired) electrons. The number of carbonyl (C=O) groups is 1. The molecule has 6 heteroatoms. The van der Waals surface area contributed by atoms with Gasteiger partial charge in [-0.3, -0.25) is 9.88 Å². The molecule has 100 valence electrons. The maximum absolute atomic E-state index is 11.2. The van der Waals surface area contributed by atoms with Gasteiger partial charge in [0, 0.05) is 12.7 Å². The van der Waals surface area contributed by atoms with E-state index < -0.39 is 11.6 Å². The number of hydrogen-bond acceptors (Lipinski definition) is 4. The van der Waals surface area contributed by atoms with Crippen LogP contribution in [0.3, 0.4) is 0 Å². The van der Waals surface area contributed by atoms with Gasteiger partial charge < -0.3 is 9.84 Å². The van der Waals surface area contributed by atoms with Gasteiger partial charge in [-0.2, -0.15) is 5.26 Å². The molecule has 1 amide bonds. The van der Waals surface area contributed by atoms with E-state index in [-0.39, 0.29) is 6.61 Å². The van der Waals surface area contributed by atoms with Crippen molar-refractivity contribution < 1.29 is 14.6 Å². The fourth-order valence-electron chi connectivity index (χ4n) is 2.32. The van der Waals surface area contributed by atoms with Crippen molar-refractivity contribution >= 4 is 6.09 Å². The first-order valence-corrected chi connectivity index (χ1v) is 6.04. The summed E-state index contributed by atoms with van der Waals surface area (Å²) in [7, 11) is 0. The van der Waals surface area contributed by atoms with E-state index in [1.165, 1.54) is 17.3 Å². The minimum atomic E-state index is -0.935. The van der Waals surface area contributed by atoms with Gasteiger partial charge in [-0.15, -0.1) is 0 Å². The number of aromatic nitrogens is 1. The zero-order valence-corrected chi connectivity index (χ0v) is 10.7. The number of nitrogens with zero attached hydrogens (tertiary/aromatic N) is 3. The molecule has 6 nitrogen and oxygen atoms in total. The lowest BCUT2D eigenvalue weighted by Crippen LogP contribution is -2.48. The largest absolute Gasteiger partial charge is 0.488 e. The van der Waals surface area contributed by atoms with Crippen LogP contribution in [0.5, 0.6) is 5.75 Å². The highest BCUT2D eigenvalue weighted by atomic mass is 16.5. The lowest BCUT2D eigenvalue weighted by molar-refractivity contribution is 0.0786. The van der Waals surface area contributed by atoms with E-state index in [0.717, 1.165) is 12.8 Å². The molecular formula is C13H15N3O3. The second-order valence-electron chi connectivity index (χ2n) is 4.81. The molecule has 1 atom stereocenters. The Labute approximate surface area is 111 Å². The Balaban J connectivity index is 2.10. The third-order valence-electron chi connectivity index (χ3n) is 3.42. The molecule has 1 aliphatic heterocycles. The number of ether oxygens (including phenoxy) is 1. The molecule has 0 aliphatic carbocycles. The molecule has 1 saturated heterocycles. The number of amides is 1. The van der Waals surface area contributed by atoms with Crippen molar-refractivity contribution in [1.29, 1.82) is 5.26 Å². The average molecular weight is 261 g/mol. The maximum atomic E-state index is 11.2. The molecule has 1 aromatic rings. The first kappa shape index (κ1) is 13.1. The maximum Gasteiger partial charge on any atom is 0.407 e. The molecule has 0 aromatic carbocycles. The normalized spacial score (nSPS) is 22.0. The summed E-state index contributed by atoms with van der Waals surface area (Å²) in [6, 6.07) is 3.59. The summed E-state index contributed by atoms with van der Waals surface area (Å²) in [5.41, 5.74) is -0.146. The summed E-state index contributed by atoms with van der Waals surface area (Å²) in [5, 5.41) is 18.1. The highest BCUT2D eigenvalue weighted by Crippen LogP contribution is 2.30. The molecule has 1 aliphatic rings. The third-order valence-corrected chi connectivity index (χ3v) is 3.42. The van der Waals surface area contributed by atoms with Crippen LogP contribution in [0.2, 0.25) is 0 Å². The van der Waals surface area contributed by atoms with Crippen LogP contribution in [0.4, 0.5) is 4.79 Å². The Morgan fingerprint density at radius 1 is 1.74 bits per heavy atom. The second-order valence-corrected chi connectivity index (χ2v) is 4.81. The summed E-state index contributed by atoms with van der Waals surface area (Å²) >= 11 is 0. The molecule has 0 bridgehead atoms. The predicted octanol–water partition coefficient (Wildman–Crippen LogP) is 1.86. The number of hydrogen-bond donors (Lipinski definition) is 1. The zero-order chi connectivity index (χ0) is 13.9. The van der Waals surface area contributed by atoms with Crippen LogP contribution >= 0.6 is 0 Å². The van der Waals surface area contributed by atoms with Crippen LogP contribution in [-0.2, 0) is 0 Å². The molecule has 1 fully saturated rings. The lowest BCUT2D eigenvalue weighted by Gasteiger charge is -2.32. The fourth-order valence-corrected chi connectivity index (χ4v) is 2.32. The molecule has 0 unspecified atom stereocenters. The minimum absolute atomic E-state index is 0.222. The van der Waals surface area contributed by atoms with Gasteiger partial charge in [0.15, 0.2) is 5.75 Å². The van der Waals surface area contributed by atoms with Crippen LogP contribution in [-0.4, -0.2) is 39.8 Å². The molecular weight excluding hydrogens is 246 g/mol. The number of likely N-dealkylation sites (tertiary alicyclic amines) is 1. The summed E-state index contributed by atoms with van der Waals surface area (Å²) < 4.78 is 5.61. The molecule has 2 heterocycles. The SMILES string of the molecule is C[C@@]1(COc2cnccc2C#N)CCCN1C(=O)O. The van der Waals surface area contributed by atoms with Gasteiger partial charge >= 0.3 is 6.09 Å². The van der Waals surface area contributed by atoms with E-state index in [4.69, 9.17) is 15.1 Å². The van der Waals surface area contributed by atoms with Crippen LogP contribution in [0.1, 0.15) is 25.3 Å². The molecule has 0 spiro atoms. The molecule has 0 saturated carbocycles. The quantitative estimate of drug-likeness (QED) is 0.897. The van der Waals surface area contributed by atoms with Gasteiger partial charge in [0.25, 0.3) is 0 Å². The fraction of sp³-hybridized carbons (Fsp3) is 0.462. The van der Waals surface area contributed by atoms with Crippen LogP contribution in [0, 0.1) is 11.3 Å². The van der Waals surface area contributed by atoms with Gasteiger partial charge in [-0.25, -0.2) is 4.79 Å². The van der Waals surface area contributed by atoms with Crippen LogP contribution in [0.15, 0.2) is 18.5 Å². The smallest absolute Gasteiger partial charge is 0.407 e. The van der Waals surface area contributed by atoms with Crippen molar-refractivity contribution in [2.45, 2.75) is 25.3 Å². The summed E-state index contributed by atoms with van der Waals surface area (Å²) in [6.45, 7) is 2.60. The number of rotatable bonds is 3. The van der Waals surface area contributed by atoms with E-state index in [1.54, 1.807) is 6.07 Å². The molecule has 1 aromatic heterocycles. The van der Waals surface area contributed by atoms with Gasteiger partial charge in [0.05, 0.1) is 17.3 Å². The predicted molar refractivity (Wildman–Crippen MR) is 66.8 cm³/mol. The van der Waals surface area contributed by atoms with E-state index in [2.05, 4.69) is 4.98 Å². The van der Waals surface area contributed by atoms with Gasteiger partial charge in [-0.05, 0) is 25.8 Å². The van der Waals surface area contributed by atoms with Crippen LogP contribution < -0.4 is 4.74 Å².